The van der Waals surface area contributed by atoms with Crippen LogP contribution in [0.4, 0.5) is 0 Å². The highest BCUT2D eigenvalue weighted by Crippen LogP contribution is 2.34. The molecule has 0 spiro atoms. The second kappa shape index (κ2) is 4.49. The van der Waals surface area contributed by atoms with Gasteiger partial charge in [-0.2, -0.15) is 0 Å². The maximum Gasteiger partial charge on any atom is 0.220 e. The number of nitrogens with zero attached hydrogens (tertiary/aromatic N) is 1. The van der Waals surface area contributed by atoms with Crippen LogP contribution in [0.2, 0.25) is 0 Å². The predicted octanol–water partition coefficient (Wildman–Crippen LogP) is -0.0659. The van der Waals surface area contributed by atoms with Crippen molar-refractivity contribution in [3.05, 3.63) is 0 Å². The Hall–Kier alpha value is -0.610. The number of rotatable bonds is 5. The number of nitrogens with one attached hydrogen (secondary N) is 1. The van der Waals surface area contributed by atoms with Gasteiger partial charge in [-0.1, -0.05) is 0 Å². The van der Waals surface area contributed by atoms with Crippen LogP contribution in [-0.2, 0) is 4.79 Å². The first-order valence-corrected chi connectivity index (χ1v) is 5.90. The summed E-state index contributed by atoms with van der Waals surface area (Å²) in [5, 5.41) is 3.00. The molecule has 2 fully saturated rings. The second-order valence-corrected chi connectivity index (χ2v) is 4.88. The summed E-state index contributed by atoms with van der Waals surface area (Å²) in [6.45, 7) is 1.69. The van der Waals surface area contributed by atoms with E-state index in [1.807, 2.05) is 0 Å². The third kappa shape index (κ3) is 2.69. The average molecular weight is 211 g/mol. The summed E-state index contributed by atoms with van der Waals surface area (Å²) in [5.74, 6) is 1.00. The van der Waals surface area contributed by atoms with Gasteiger partial charge in [0.25, 0.3) is 0 Å². The fourth-order valence-electron chi connectivity index (χ4n) is 2.51. The smallest absolute Gasteiger partial charge is 0.220 e. The van der Waals surface area contributed by atoms with E-state index in [-0.39, 0.29) is 5.91 Å². The lowest BCUT2D eigenvalue weighted by atomic mass is 10.1. The maximum absolute atomic E-state index is 11.1. The molecule has 1 aliphatic heterocycles. The van der Waals surface area contributed by atoms with Crippen molar-refractivity contribution in [1.29, 1.82) is 0 Å². The molecule has 86 valence electrons. The van der Waals surface area contributed by atoms with E-state index in [2.05, 4.69) is 17.3 Å². The van der Waals surface area contributed by atoms with Crippen molar-refractivity contribution in [1.82, 2.24) is 10.2 Å². The molecule has 3 N–H and O–H groups in total. The van der Waals surface area contributed by atoms with Gasteiger partial charge >= 0.3 is 0 Å². The Bertz CT molecular complexity index is 240. The van der Waals surface area contributed by atoms with Crippen molar-refractivity contribution in [3.63, 3.8) is 0 Å². The number of carbonyl (C=O) groups is 1. The molecule has 1 heterocycles. The molecular weight excluding hydrogens is 190 g/mol. The van der Waals surface area contributed by atoms with Crippen LogP contribution in [0, 0.1) is 5.92 Å². The van der Waals surface area contributed by atoms with Gasteiger partial charge in [-0.25, -0.2) is 0 Å². The minimum atomic E-state index is 0.198. The van der Waals surface area contributed by atoms with Crippen molar-refractivity contribution >= 4 is 5.91 Å². The van der Waals surface area contributed by atoms with Crippen molar-refractivity contribution in [2.75, 3.05) is 20.1 Å². The van der Waals surface area contributed by atoms with E-state index in [1.54, 1.807) is 0 Å². The molecule has 0 aromatic rings. The second-order valence-electron chi connectivity index (χ2n) is 4.88. The number of amides is 1. The first-order chi connectivity index (χ1) is 7.20. The van der Waals surface area contributed by atoms with Crippen LogP contribution in [-0.4, -0.2) is 43.0 Å². The summed E-state index contributed by atoms with van der Waals surface area (Å²) in [4.78, 5) is 13.4. The molecule has 0 radical (unpaired) electrons. The van der Waals surface area contributed by atoms with Crippen LogP contribution in [0.15, 0.2) is 0 Å². The summed E-state index contributed by atoms with van der Waals surface area (Å²) in [5.41, 5.74) is 5.79. The molecule has 15 heavy (non-hydrogen) atoms. The molecule has 0 aromatic carbocycles. The van der Waals surface area contributed by atoms with Gasteiger partial charge in [0.05, 0.1) is 0 Å². The van der Waals surface area contributed by atoms with Crippen molar-refractivity contribution in [2.45, 2.75) is 37.8 Å². The van der Waals surface area contributed by atoms with Gasteiger partial charge in [0, 0.05) is 31.6 Å². The molecule has 1 saturated carbocycles. The van der Waals surface area contributed by atoms with Crippen molar-refractivity contribution in [3.8, 4) is 0 Å². The van der Waals surface area contributed by atoms with Gasteiger partial charge in [0.15, 0.2) is 0 Å². The standard InChI is InChI=1S/C11H21N3O/c1-14(10(6-12)8-2-3-8)7-9-4-5-11(15)13-9/h8-10H,2-7,12H2,1H3,(H,13,15). The van der Waals surface area contributed by atoms with E-state index in [0.717, 1.165) is 25.4 Å². The molecular formula is C11H21N3O. The summed E-state index contributed by atoms with van der Waals surface area (Å²) in [7, 11) is 2.13. The zero-order valence-corrected chi connectivity index (χ0v) is 9.41. The van der Waals surface area contributed by atoms with Gasteiger partial charge in [0.2, 0.25) is 5.91 Å². The molecule has 4 heteroatoms. The molecule has 0 bridgehead atoms. The Balaban J connectivity index is 1.79. The van der Waals surface area contributed by atoms with E-state index >= 15 is 0 Å². The van der Waals surface area contributed by atoms with E-state index in [1.165, 1.54) is 12.8 Å². The Morgan fingerprint density at radius 2 is 2.27 bits per heavy atom. The van der Waals surface area contributed by atoms with Crippen LogP contribution < -0.4 is 11.1 Å². The number of hydrogen-bond acceptors (Lipinski definition) is 3. The zero-order chi connectivity index (χ0) is 10.8. The summed E-state index contributed by atoms with van der Waals surface area (Å²) in [6.07, 6.45) is 4.31. The molecule has 2 unspecified atom stereocenters. The molecule has 1 saturated heterocycles. The first-order valence-electron chi connectivity index (χ1n) is 5.90. The Morgan fingerprint density at radius 3 is 2.73 bits per heavy atom. The highest BCUT2D eigenvalue weighted by Gasteiger charge is 2.34. The minimum absolute atomic E-state index is 0.198. The Kier molecular flexibility index (Phi) is 3.26. The Labute approximate surface area is 91.2 Å². The SMILES string of the molecule is CN(CC1CCC(=O)N1)C(CN)C1CC1. The molecule has 1 aliphatic carbocycles. The maximum atomic E-state index is 11.1. The van der Waals surface area contributed by atoms with Crippen LogP contribution >= 0.6 is 0 Å². The minimum Gasteiger partial charge on any atom is -0.352 e. The number of likely N-dealkylation sites (N-methyl/N-ethyl adjacent to an activating group) is 1. The summed E-state index contributed by atoms with van der Waals surface area (Å²) >= 11 is 0. The average Bonchev–Trinajstić information content (AvgIpc) is 2.93. The van der Waals surface area contributed by atoms with E-state index in [9.17, 15) is 4.79 Å². The molecule has 2 aliphatic rings. The largest absolute Gasteiger partial charge is 0.352 e. The molecule has 1 amide bonds. The monoisotopic (exact) mass is 211 g/mol. The van der Waals surface area contributed by atoms with Crippen LogP contribution in [0.3, 0.4) is 0 Å². The number of nitrogens with two attached hydrogens (primary N) is 1. The lowest BCUT2D eigenvalue weighted by Gasteiger charge is -2.29. The fraction of sp³-hybridized carbons (Fsp3) is 0.909. The van der Waals surface area contributed by atoms with Gasteiger partial charge in [0.1, 0.15) is 0 Å². The van der Waals surface area contributed by atoms with Crippen molar-refractivity contribution < 1.29 is 4.79 Å². The lowest BCUT2D eigenvalue weighted by Crippen LogP contribution is -2.45. The molecule has 0 aromatic heterocycles. The molecule has 4 nitrogen and oxygen atoms in total. The van der Waals surface area contributed by atoms with Gasteiger partial charge in [-0.15, -0.1) is 0 Å². The van der Waals surface area contributed by atoms with Gasteiger partial charge in [-0.3, -0.25) is 9.69 Å². The topological polar surface area (TPSA) is 58.4 Å². The summed E-state index contributed by atoms with van der Waals surface area (Å²) < 4.78 is 0. The predicted molar refractivity (Wildman–Crippen MR) is 59.4 cm³/mol. The molecule has 2 rings (SSSR count). The summed E-state index contributed by atoms with van der Waals surface area (Å²) in [6, 6.07) is 0.859. The first kappa shape index (κ1) is 10.9. The third-order valence-electron chi connectivity index (χ3n) is 3.57. The van der Waals surface area contributed by atoms with E-state index in [0.29, 0.717) is 18.5 Å². The van der Waals surface area contributed by atoms with Crippen molar-refractivity contribution in [2.24, 2.45) is 11.7 Å². The van der Waals surface area contributed by atoms with E-state index in [4.69, 9.17) is 5.73 Å². The van der Waals surface area contributed by atoms with Crippen LogP contribution in [0.25, 0.3) is 0 Å². The normalized spacial score (nSPS) is 28.2. The van der Waals surface area contributed by atoms with Crippen LogP contribution in [0.1, 0.15) is 25.7 Å². The Morgan fingerprint density at radius 1 is 1.53 bits per heavy atom. The quantitative estimate of drug-likeness (QED) is 0.669. The van der Waals surface area contributed by atoms with E-state index < -0.39 is 0 Å². The fourth-order valence-corrected chi connectivity index (χ4v) is 2.51. The van der Waals surface area contributed by atoms with Gasteiger partial charge < -0.3 is 11.1 Å². The number of carbonyl (C=O) groups excluding carboxylic acids is 1. The van der Waals surface area contributed by atoms with Crippen LogP contribution in [0.5, 0.6) is 0 Å². The molecule has 2 atom stereocenters. The zero-order valence-electron chi connectivity index (χ0n) is 9.41. The highest BCUT2D eigenvalue weighted by atomic mass is 16.1. The lowest BCUT2D eigenvalue weighted by molar-refractivity contribution is -0.119. The third-order valence-corrected chi connectivity index (χ3v) is 3.57. The highest BCUT2D eigenvalue weighted by molar-refractivity contribution is 5.78. The van der Waals surface area contributed by atoms with Gasteiger partial charge in [-0.05, 0) is 32.2 Å². The number of hydrogen-bond donors (Lipinski definition) is 2.